The van der Waals surface area contributed by atoms with Crippen LogP contribution < -0.4 is 9.47 Å². The molecule has 0 radical (unpaired) electrons. The number of rotatable bonds is 4. The number of aryl methyl sites for hydroxylation is 2. The van der Waals surface area contributed by atoms with Crippen molar-refractivity contribution in [1.29, 1.82) is 0 Å². The van der Waals surface area contributed by atoms with E-state index in [0.29, 0.717) is 17.3 Å². The van der Waals surface area contributed by atoms with E-state index in [1.807, 2.05) is 25.2 Å². The maximum absolute atomic E-state index is 5.39. The maximum atomic E-state index is 5.39. The molecule has 1 aromatic carbocycles. The van der Waals surface area contributed by atoms with Crippen molar-refractivity contribution < 1.29 is 9.47 Å². The molecule has 18 heavy (non-hydrogen) atoms. The summed E-state index contributed by atoms with van der Waals surface area (Å²) in [6, 6.07) is 5.68. The highest BCUT2D eigenvalue weighted by atomic mass is 16.5. The van der Waals surface area contributed by atoms with E-state index in [0.717, 1.165) is 17.8 Å². The zero-order valence-corrected chi connectivity index (χ0v) is 11.1. The zero-order chi connectivity index (χ0) is 13.1. The highest BCUT2D eigenvalue weighted by Crippen LogP contribution is 2.36. The second-order valence-electron chi connectivity index (χ2n) is 3.87. The van der Waals surface area contributed by atoms with Crippen molar-refractivity contribution in [1.82, 2.24) is 14.8 Å². The van der Waals surface area contributed by atoms with Crippen molar-refractivity contribution in [3.63, 3.8) is 0 Å². The maximum Gasteiger partial charge on any atom is 0.185 e. The SMILES string of the molecule is CCc1nc(-c2cccc(OC)c2OC)nn1C. The molecule has 0 saturated carbocycles. The Bertz CT molecular complexity index is 549. The van der Waals surface area contributed by atoms with Crippen LogP contribution >= 0.6 is 0 Å². The molecule has 0 aliphatic heterocycles. The van der Waals surface area contributed by atoms with Crippen LogP contribution in [0.4, 0.5) is 0 Å². The van der Waals surface area contributed by atoms with Gasteiger partial charge in [-0.2, -0.15) is 5.10 Å². The van der Waals surface area contributed by atoms with Gasteiger partial charge in [-0.1, -0.05) is 13.0 Å². The Kier molecular flexibility index (Phi) is 3.50. The molecule has 1 heterocycles. The van der Waals surface area contributed by atoms with Crippen molar-refractivity contribution in [2.75, 3.05) is 14.2 Å². The largest absolute Gasteiger partial charge is 0.493 e. The predicted octanol–water partition coefficient (Wildman–Crippen LogP) is 2.06. The van der Waals surface area contributed by atoms with Crippen LogP contribution in [0.1, 0.15) is 12.7 Å². The fourth-order valence-corrected chi connectivity index (χ4v) is 1.90. The van der Waals surface area contributed by atoms with Crippen molar-refractivity contribution >= 4 is 0 Å². The molecule has 2 aromatic rings. The summed E-state index contributed by atoms with van der Waals surface area (Å²) >= 11 is 0. The van der Waals surface area contributed by atoms with Crippen molar-refractivity contribution in [3.8, 4) is 22.9 Å². The fraction of sp³-hybridized carbons (Fsp3) is 0.385. The van der Waals surface area contributed by atoms with Crippen LogP contribution in [-0.4, -0.2) is 29.0 Å². The van der Waals surface area contributed by atoms with E-state index in [9.17, 15) is 0 Å². The molecule has 5 nitrogen and oxygen atoms in total. The lowest BCUT2D eigenvalue weighted by molar-refractivity contribution is 0.356. The lowest BCUT2D eigenvalue weighted by Crippen LogP contribution is -1.96. The number of methoxy groups -OCH3 is 2. The molecule has 0 saturated heterocycles. The lowest BCUT2D eigenvalue weighted by atomic mass is 10.1. The van der Waals surface area contributed by atoms with Crippen LogP contribution in [0.15, 0.2) is 18.2 Å². The summed E-state index contributed by atoms with van der Waals surface area (Å²) in [7, 11) is 5.12. The minimum Gasteiger partial charge on any atom is -0.493 e. The fourth-order valence-electron chi connectivity index (χ4n) is 1.90. The molecule has 96 valence electrons. The summed E-state index contributed by atoms with van der Waals surface area (Å²) in [4.78, 5) is 4.50. The van der Waals surface area contributed by atoms with Gasteiger partial charge in [0.15, 0.2) is 17.3 Å². The molecule has 0 bridgehead atoms. The minimum atomic E-state index is 0.658. The van der Waals surface area contributed by atoms with Crippen LogP contribution in [0.2, 0.25) is 0 Å². The van der Waals surface area contributed by atoms with Gasteiger partial charge in [0, 0.05) is 13.5 Å². The van der Waals surface area contributed by atoms with Gasteiger partial charge in [-0.3, -0.25) is 4.68 Å². The third kappa shape index (κ3) is 2.03. The number of ether oxygens (including phenoxy) is 2. The first-order valence-electron chi connectivity index (χ1n) is 5.82. The topological polar surface area (TPSA) is 49.2 Å². The van der Waals surface area contributed by atoms with Crippen molar-refractivity contribution in [2.45, 2.75) is 13.3 Å². The van der Waals surface area contributed by atoms with E-state index < -0.39 is 0 Å². The van der Waals surface area contributed by atoms with E-state index in [4.69, 9.17) is 9.47 Å². The lowest BCUT2D eigenvalue weighted by Gasteiger charge is -2.10. The molecule has 0 N–H and O–H groups in total. The summed E-state index contributed by atoms with van der Waals surface area (Å²) in [6.07, 6.45) is 0.843. The second-order valence-corrected chi connectivity index (χ2v) is 3.87. The van der Waals surface area contributed by atoms with E-state index in [1.165, 1.54) is 0 Å². The van der Waals surface area contributed by atoms with Gasteiger partial charge in [-0.15, -0.1) is 0 Å². The number of hydrogen-bond acceptors (Lipinski definition) is 4. The Morgan fingerprint density at radius 2 is 2.00 bits per heavy atom. The van der Waals surface area contributed by atoms with Crippen LogP contribution in [0.5, 0.6) is 11.5 Å². The van der Waals surface area contributed by atoms with E-state index in [1.54, 1.807) is 18.9 Å². The molecule has 0 amide bonds. The molecule has 0 aliphatic carbocycles. The monoisotopic (exact) mass is 247 g/mol. The minimum absolute atomic E-state index is 0.658. The predicted molar refractivity (Wildman–Crippen MR) is 68.9 cm³/mol. The molecule has 0 atom stereocenters. The molecule has 0 spiro atoms. The van der Waals surface area contributed by atoms with Gasteiger partial charge in [0.25, 0.3) is 0 Å². The number of hydrogen-bond donors (Lipinski definition) is 0. The third-order valence-electron chi connectivity index (χ3n) is 2.81. The number of aromatic nitrogens is 3. The molecule has 1 aromatic heterocycles. The molecule has 2 rings (SSSR count). The van der Waals surface area contributed by atoms with Gasteiger partial charge >= 0.3 is 0 Å². The van der Waals surface area contributed by atoms with Gasteiger partial charge in [0.1, 0.15) is 5.82 Å². The summed E-state index contributed by atoms with van der Waals surface area (Å²) in [5.41, 5.74) is 0.840. The summed E-state index contributed by atoms with van der Waals surface area (Å²) in [5.74, 6) is 2.94. The standard InChI is InChI=1S/C13H17N3O2/c1-5-11-14-13(15-16(11)2)9-7-6-8-10(17-3)12(9)18-4/h6-8H,5H2,1-4H3. The van der Waals surface area contributed by atoms with E-state index in [-0.39, 0.29) is 0 Å². The second kappa shape index (κ2) is 5.08. The Hall–Kier alpha value is -2.04. The zero-order valence-electron chi connectivity index (χ0n) is 11.1. The average Bonchev–Trinajstić information content (AvgIpc) is 2.78. The number of benzene rings is 1. The van der Waals surface area contributed by atoms with E-state index >= 15 is 0 Å². The quantitative estimate of drug-likeness (QED) is 0.829. The Morgan fingerprint density at radius 1 is 1.22 bits per heavy atom. The number of para-hydroxylation sites is 1. The van der Waals surface area contributed by atoms with Gasteiger partial charge < -0.3 is 9.47 Å². The van der Waals surface area contributed by atoms with E-state index in [2.05, 4.69) is 17.0 Å². The van der Waals surface area contributed by atoms with Gasteiger partial charge in [-0.25, -0.2) is 4.98 Å². The molecular formula is C13H17N3O2. The van der Waals surface area contributed by atoms with Crippen molar-refractivity contribution in [2.24, 2.45) is 7.05 Å². The third-order valence-corrected chi connectivity index (χ3v) is 2.81. The van der Waals surface area contributed by atoms with Crippen molar-refractivity contribution in [3.05, 3.63) is 24.0 Å². The molecule has 0 fully saturated rings. The molecule has 0 aliphatic rings. The number of nitrogens with zero attached hydrogens (tertiary/aromatic N) is 3. The van der Waals surface area contributed by atoms with Crippen LogP contribution in [0, 0.1) is 0 Å². The van der Waals surface area contributed by atoms with Crippen LogP contribution in [0.3, 0.4) is 0 Å². The summed E-state index contributed by atoms with van der Waals surface area (Å²) < 4.78 is 12.5. The molecule has 0 unspecified atom stereocenters. The normalized spacial score (nSPS) is 10.4. The Balaban J connectivity index is 2.55. The highest BCUT2D eigenvalue weighted by molar-refractivity contribution is 5.68. The van der Waals surface area contributed by atoms with Gasteiger partial charge in [-0.05, 0) is 12.1 Å². The first-order valence-corrected chi connectivity index (χ1v) is 5.82. The average molecular weight is 247 g/mol. The van der Waals surface area contributed by atoms with Gasteiger partial charge in [0.05, 0.1) is 19.8 Å². The molecule has 5 heteroatoms. The van der Waals surface area contributed by atoms with Crippen LogP contribution in [0.25, 0.3) is 11.4 Å². The Morgan fingerprint density at radius 3 is 2.56 bits per heavy atom. The summed E-state index contributed by atoms with van der Waals surface area (Å²) in [6.45, 7) is 2.05. The first kappa shape index (κ1) is 12.4. The smallest absolute Gasteiger partial charge is 0.185 e. The highest BCUT2D eigenvalue weighted by Gasteiger charge is 2.16. The molecular weight excluding hydrogens is 230 g/mol. The summed E-state index contributed by atoms with van der Waals surface area (Å²) in [5, 5.41) is 4.41. The first-order chi connectivity index (χ1) is 8.71. The Labute approximate surface area is 106 Å². The van der Waals surface area contributed by atoms with Crippen LogP contribution in [-0.2, 0) is 13.5 Å². The van der Waals surface area contributed by atoms with Gasteiger partial charge in [0.2, 0.25) is 0 Å².